The van der Waals surface area contributed by atoms with Gasteiger partial charge in [0.25, 0.3) is 0 Å². The number of benzene rings is 1. The zero-order valence-corrected chi connectivity index (χ0v) is 18.1. The lowest BCUT2D eigenvalue weighted by molar-refractivity contribution is -0.144. The Kier molecular flexibility index (Phi) is 6.27. The highest BCUT2D eigenvalue weighted by Gasteiger charge is 2.55. The summed E-state index contributed by atoms with van der Waals surface area (Å²) in [6.45, 7) is -3.25. The fraction of sp³-hybridized carbons (Fsp3) is 0.350. The standard InChI is InChI=1S/C20H19F2N3O8S/c21-19(22)33-13-4-2-12(3-5-13)32-16-8-6-14(9-23-16)34(30,31)24-10-11-1-7-15(17(24)18(26)27)25(11)20(28)29/h2-6,8-9,11,15,17,19H,1,7,10H2,(H,26,27)(H,28,29)/t11-,15+,17+/m1/s1. The van der Waals surface area contributed by atoms with Crippen LogP contribution < -0.4 is 9.47 Å². The van der Waals surface area contributed by atoms with Gasteiger partial charge in [-0.25, -0.2) is 18.2 Å². The number of carbonyl (C=O) groups is 2. The molecule has 0 aliphatic carbocycles. The van der Waals surface area contributed by atoms with E-state index in [9.17, 15) is 37.0 Å². The van der Waals surface area contributed by atoms with Gasteiger partial charge in [0.2, 0.25) is 15.9 Å². The van der Waals surface area contributed by atoms with Crippen molar-refractivity contribution in [2.75, 3.05) is 6.54 Å². The minimum absolute atomic E-state index is 0.00651. The highest BCUT2D eigenvalue weighted by molar-refractivity contribution is 7.89. The van der Waals surface area contributed by atoms with Gasteiger partial charge in [0.05, 0.1) is 12.2 Å². The van der Waals surface area contributed by atoms with E-state index < -0.39 is 46.8 Å². The van der Waals surface area contributed by atoms with Gasteiger partial charge >= 0.3 is 18.7 Å². The van der Waals surface area contributed by atoms with Gasteiger partial charge in [0.1, 0.15) is 22.4 Å². The van der Waals surface area contributed by atoms with Crippen LogP contribution in [0, 0.1) is 0 Å². The van der Waals surface area contributed by atoms with Gasteiger partial charge in [-0.3, -0.25) is 9.69 Å². The van der Waals surface area contributed by atoms with E-state index in [1.54, 1.807) is 0 Å². The summed E-state index contributed by atoms with van der Waals surface area (Å²) in [7, 11) is -4.31. The molecule has 3 heterocycles. The number of piperazine rings is 1. The predicted molar refractivity (Wildman–Crippen MR) is 109 cm³/mol. The van der Waals surface area contributed by atoms with E-state index in [4.69, 9.17) is 4.74 Å². The number of hydrogen-bond donors (Lipinski definition) is 2. The third-order valence-corrected chi connectivity index (χ3v) is 7.50. The zero-order chi connectivity index (χ0) is 24.6. The Morgan fingerprint density at radius 2 is 1.74 bits per heavy atom. The Hall–Kier alpha value is -3.52. The van der Waals surface area contributed by atoms with Gasteiger partial charge in [0.15, 0.2) is 0 Å². The van der Waals surface area contributed by atoms with Crippen LogP contribution in [0.2, 0.25) is 0 Å². The summed E-state index contributed by atoms with van der Waals surface area (Å²) >= 11 is 0. The lowest BCUT2D eigenvalue weighted by Crippen LogP contribution is -2.64. The van der Waals surface area contributed by atoms with Crippen molar-refractivity contribution in [1.29, 1.82) is 0 Å². The summed E-state index contributed by atoms with van der Waals surface area (Å²) in [5, 5.41) is 19.1. The van der Waals surface area contributed by atoms with Gasteiger partial charge in [0, 0.05) is 18.7 Å². The fourth-order valence-corrected chi connectivity index (χ4v) is 5.87. The number of hydrogen-bond acceptors (Lipinski definition) is 7. The molecule has 0 unspecified atom stereocenters. The first-order chi connectivity index (χ1) is 16.1. The average Bonchev–Trinajstić information content (AvgIpc) is 3.08. The van der Waals surface area contributed by atoms with E-state index in [-0.39, 0.29) is 35.2 Å². The van der Waals surface area contributed by atoms with Crippen molar-refractivity contribution in [3.05, 3.63) is 42.6 Å². The second kappa shape index (κ2) is 9.02. The maximum atomic E-state index is 13.2. The molecule has 0 radical (unpaired) electrons. The number of rotatable bonds is 7. The number of ether oxygens (including phenoxy) is 2. The Morgan fingerprint density at radius 3 is 2.29 bits per heavy atom. The molecule has 11 nitrogen and oxygen atoms in total. The minimum Gasteiger partial charge on any atom is -0.480 e. The molecule has 2 N–H and O–H groups in total. The third-order valence-electron chi connectivity index (χ3n) is 5.67. The van der Waals surface area contributed by atoms with Crippen LogP contribution in [0.1, 0.15) is 12.8 Å². The van der Waals surface area contributed by atoms with Gasteiger partial charge in [-0.05, 0) is 43.2 Å². The third kappa shape index (κ3) is 4.46. The Labute approximate surface area is 192 Å². The number of alkyl halides is 2. The largest absolute Gasteiger partial charge is 0.480 e. The normalized spacial score (nSPS) is 22.6. The molecule has 2 aliphatic rings. The number of carboxylic acids is 1. The lowest BCUT2D eigenvalue weighted by atomic mass is 10.1. The number of sulfonamides is 1. The number of amides is 1. The van der Waals surface area contributed by atoms with Crippen LogP contribution in [0.4, 0.5) is 13.6 Å². The van der Waals surface area contributed by atoms with E-state index >= 15 is 0 Å². The van der Waals surface area contributed by atoms with Crippen LogP contribution in [0.5, 0.6) is 17.4 Å². The maximum absolute atomic E-state index is 13.2. The molecule has 0 spiro atoms. The molecule has 1 amide bonds. The summed E-state index contributed by atoms with van der Waals surface area (Å²) in [5.74, 6) is -1.27. The second-order valence-electron chi connectivity index (χ2n) is 7.63. The SMILES string of the molecule is O=C(O)[C@@H]1[C@@H]2CC[C@H](CN1S(=O)(=O)c1ccc(Oc3ccc(OC(F)F)cc3)nc1)N2C(=O)O. The smallest absolute Gasteiger partial charge is 0.407 e. The van der Waals surface area contributed by atoms with E-state index in [0.717, 1.165) is 15.4 Å². The zero-order valence-electron chi connectivity index (χ0n) is 17.3. The molecule has 1 aromatic carbocycles. The number of aromatic nitrogens is 1. The number of carboxylic acid groups (broad SMARTS) is 2. The molecule has 0 saturated carbocycles. The highest BCUT2D eigenvalue weighted by Crippen LogP contribution is 2.37. The molecule has 34 heavy (non-hydrogen) atoms. The fourth-order valence-electron chi connectivity index (χ4n) is 4.27. The number of aliphatic carboxylic acids is 1. The quantitative estimate of drug-likeness (QED) is 0.586. The molecule has 3 atom stereocenters. The number of pyridine rings is 1. The molecule has 2 bridgehead atoms. The average molecular weight is 499 g/mol. The van der Waals surface area contributed by atoms with Crippen LogP contribution in [-0.2, 0) is 14.8 Å². The van der Waals surface area contributed by atoms with Gasteiger partial charge in [-0.2, -0.15) is 13.1 Å². The molecule has 1 aromatic heterocycles. The molecule has 2 aliphatic heterocycles. The minimum atomic E-state index is -4.31. The Bertz CT molecular complexity index is 1180. The Balaban J connectivity index is 1.53. The van der Waals surface area contributed by atoms with Crippen LogP contribution in [-0.4, -0.2) is 76.2 Å². The topological polar surface area (TPSA) is 147 Å². The van der Waals surface area contributed by atoms with Gasteiger partial charge < -0.3 is 19.7 Å². The molecular formula is C20H19F2N3O8S. The monoisotopic (exact) mass is 499 g/mol. The number of fused-ring (bicyclic) bond motifs is 2. The first-order valence-electron chi connectivity index (χ1n) is 10.0. The van der Waals surface area contributed by atoms with Crippen molar-refractivity contribution in [1.82, 2.24) is 14.2 Å². The molecular weight excluding hydrogens is 480 g/mol. The molecule has 4 rings (SSSR count). The highest BCUT2D eigenvalue weighted by atomic mass is 32.2. The van der Waals surface area contributed by atoms with Gasteiger partial charge in [-0.15, -0.1) is 0 Å². The van der Waals surface area contributed by atoms with Gasteiger partial charge in [-0.1, -0.05) is 0 Å². The summed E-state index contributed by atoms with van der Waals surface area (Å²) in [6, 6.07) is 4.50. The van der Waals surface area contributed by atoms with E-state index in [1.807, 2.05) is 0 Å². The number of nitrogens with zero attached hydrogens (tertiary/aromatic N) is 3. The lowest BCUT2D eigenvalue weighted by Gasteiger charge is -2.42. The predicted octanol–water partition coefficient (Wildman–Crippen LogP) is 2.44. The summed E-state index contributed by atoms with van der Waals surface area (Å²) < 4.78 is 61.4. The summed E-state index contributed by atoms with van der Waals surface area (Å²) in [4.78, 5) is 28.2. The number of halogens is 2. The molecule has 14 heteroatoms. The van der Waals surface area contributed by atoms with Crippen molar-refractivity contribution in [3.8, 4) is 17.4 Å². The van der Waals surface area contributed by atoms with E-state index in [2.05, 4.69) is 9.72 Å². The van der Waals surface area contributed by atoms with E-state index in [1.165, 1.54) is 36.4 Å². The molecule has 2 aromatic rings. The first-order valence-corrected chi connectivity index (χ1v) is 11.5. The first kappa shape index (κ1) is 23.6. The van der Waals surface area contributed by atoms with Crippen LogP contribution in [0.15, 0.2) is 47.5 Å². The van der Waals surface area contributed by atoms with Crippen LogP contribution >= 0.6 is 0 Å². The van der Waals surface area contributed by atoms with Crippen molar-refractivity contribution < 1.29 is 46.5 Å². The molecule has 2 saturated heterocycles. The van der Waals surface area contributed by atoms with Crippen molar-refractivity contribution >= 4 is 22.1 Å². The maximum Gasteiger partial charge on any atom is 0.407 e. The van der Waals surface area contributed by atoms with Crippen molar-refractivity contribution in [2.24, 2.45) is 0 Å². The summed E-state index contributed by atoms with van der Waals surface area (Å²) in [6.07, 6.45) is 0.321. The van der Waals surface area contributed by atoms with Crippen LogP contribution in [0.3, 0.4) is 0 Å². The second-order valence-corrected chi connectivity index (χ2v) is 9.52. The Morgan fingerprint density at radius 1 is 1.06 bits per heavy atom. The van der Waals surface area contributed by atoms with Crippen LogP contribution in [0.25, 0.3) is 0 Å². The summed E-state index contributed by atoms with van der Waals surface area (Å²) in [5.41, 5.74) is 0. The van der Waals surface area contributed by atoms with Crippen molar-refractivity contribution in [2.45, 2.75) is 42.5 Å². The van der Waals surface area contributed by atoms with Crippen molar-refractivity contribution in [3.63, 3.8) is 0 Å². The molecule has 182 valence electrons. The van der Waals surface area contributed by atoms with E-state index in [0.29, 0.717) is 6.42 Å². The molecule has 2 fully saturated rings.